The van der Waals surface area contributed by atoms with Crippen LogP contribution < -0.4 is 10.9 Å². The van der Waals surface area contributed by atoms with Gasteiger partial charge < -0.3 is 4.90 Å². The lowest BCUT2D eigenvalue weighted by Crippen LogP contribution is -2.77. The lowest BCUT2D eigenvalue weighted by molar-refractivity contribution is -0.722. The number of nitrogens with two attached hydrogens (primary N) is 1. The van der Waals surface area contributed by atoms with Crippen molar-refractivity contribution in [2.75, 3.05) is 13.1 Å². The number of amides is 1. The van der Waals surface area contributed by atoms with Gasteiger partial charge in [0.05, 0.1) is 10.6 Å². The molecule has 0 spiro atoms. The summed E-state index contributed by atoms with van der Waals surface area (Å²) >= 11 is 5.87. The van der Waals surface area contributed by atoms with Crippen molar-refractivity contribution in [3.05, 3.63) is 34.9 Å². The predicted octanol–water partition coefficient (Wildman–Crippen LogP) is -0.528. The Labute approximate surface area is 121 Å². The molecule has 0 atom stereocenters. The van der Waals surface area contributed by atoms with E-state index in [1.54, 1.807) is 29.2 Å². The predicted molar refractivity (Wildman–Crippen MR) is 72.8 cm³/mol. The quantitative estimate of drug-likeness (QED) is 0.338. The Bertz CT molecular complexity index is 560. The molecule has 0 saturated carbocycles. The standard InChI is InChI=1S/C13H14ClN3O3/c14-10-5-2-1-4-9(10)13(19)20-16-11(15)8-17-7-3-6-12(17)18/h1-2,4-5H,3,6-8H2,(H2,15,16)/p+1. The normalized spacial score (nSPS) is 15.6. The summed E-state index contributed by atoms with van der Waals surface area (Å²) in [4.78, 5) is 29.6. The van der Waals surface area contributed by atoms with Crippen LogP contribution in [-0.4, -0.2) is 35.7 Å². The Morgan fingerprint density at radius 3 is 2.85 bits per heavy atom. The molecule has 1 amide bonds. The highest BCUT2D eigenvalue weighted by molar-refractivity contribution is 6.33. The number of rotatable bonds is 4. The first-order chi connectivity index (χ1) is 9.58. The first kappa shape index (κ1) is 14.3. The van der Waals surface area contributed by atoms with Crippen molar-refractivity contribution in [1.82, 2.24) is 4.90 Å². The molecule has 0 radical (unpaired) electrons. The number of carbonyl (C=O) groups excluding carboxylic acids is 2. The van der Waals surface area contributed by atoms with Gasteiger partial charge in [-0.15, -0.1) is 0 Å². The summed E-state index contributed by atoms with van der Waals surface area (Å²) in [5.74, 6) is -0.390. The van der Waals surface area contributed by atoms with Crippen LogP contribution in [0.15, 0.2) is 24.3 Å². The maximum atomic E-state index is 11.8. The fourth-order valence-electron chi connectivity index (χ4n) is 1.90. The average Bonchev–Trinajstić information content (AvgIpc) is 2.82. The zero-order valence-electron chi connectivity index (χ0n) is 10.8. The summed E-state index contributed by atoms with van der Waals surface area (Å²) in [7, 11) is 0. The Morgan fingerprint density at radius 2 is 2.20 bits per heavy atom. The molecule has 1 fully saturated rings. The van der Waals surface area contributed by atoms with Gasteiger partial charge in [0.2, 0.25) is 5.91 Å². The molecule has 3 N–H and O–H groups in total. The Morgan fingerprint density at radius 1 is 1.45 bits per heavy atom. The van der Waals surface area contributed by atoms with Crippen LogP contribution in [0, 0.1) is 0 Å². The number of amidine groups is 1. The number of hydrogen-bond donors (Lipinski definition) is 2. The first-order valence-electron chi connectivity index (χ1n) is 6.18. The SMILES string of the molecule is NC(CN1CCCC1=O)=[NH+]OC(=O)c1ccccc1Cl. The van der Waals surface area contributed by atoms with Crippen molar-refractivity contribution in [2.24, 2.45) is 5.73 Å². The molecule has 106 valence electrons. The average molecular weight is 297 g/mol. The third-order valence-electron chi connectivity index (χ3n) is 2.90. The minimum atomic E-state index is -0.633. The van der Waals surface area contributed by atoms with Crippen molar-refractivity contribution in [3.63, 3.8) is 0 Å². The summed E-state index contributed by atoms with van der Waals surface area (Å²) in [6.45, 7) is 0.883. The van der Waals surface area contributed by atoms with E-state index in [1.807, 2.05) is 0 Å². The largest absolute Gasteiger partial charge is 0.389 e. The van der Waals surface area contributed by atoms with E-state index in [0.717, 1.165) is 6.42 Å². The van der Waals surface area contributed by atoms with Crippen LogP contribution >= 0.6 is 11.6 Å². The molecular formula is C13H15ClN3O3+. The number of likely N-dealkylation sites (tertiary alicyclic amines) is 1. The van der Waals surface area contributed by atoms with Crippen LogP contribution in [0.25, 0.3) is 0 Å². The number of hydrogen-bond acceptors (Lipinski definition) is 3. The molecule has 6 nitrogen and oxygen atoms in total. The van der Waals surface area contributed by atoms with Crippen LogP contribution in [0.5, 0.6) is 0 Å². The highest BCUT2D eigenvalue weighted by atomic mass is 35.5. The van der Waals surface area contributed by atoms with Gasteiger partial charge in [-0.3, -0.25) is 15.4 Å². The lowest BCUT2D eigenvalue weighted by Gasteiger charge is -2.11. The van der Waals surface area contributed by atoms with Crippen LogP contribution in [0.1, 0.15) is 23.2 Å². The third kappa shape index (κ3) is 3.48. The zero-order valence-corrected chi connectivity index (χ0v) is 11.5. The van der Waals surface area contributed by atoms with Crippen molar-refractivity contribution in [3.8, 4) is 0 Å². The second-order valence-corrected chi connectivity index (χ2v) is 4.82. The highest BCUT2D eigenvalue weighted by Gasteiger charge is 2.23. The van der Waals surface area contributed by atoms with Gasteiger partial charge >= 0.3 is 5.97 Å². The van der Waals surface area contributed by atoms with Crippen LogP contribution in [-0.2, 0) is 9.63 Å². The van der Waals surface area contributed by atoms with E-state index < -0.39 is 5.97 Å². The van der Waals surface area contributed by atoms with Gasteiger partial charge in [0, 0.05) is 13.0 Å². The maximum Gasteiger partial charge on any atom is 0.389 e. The number of carbonyl (C=O) groups is 2. The summed E-state index contributed by atoms with van der Waals surface area (Å²) in [6.07, 6.45) is 1.36. The van der Waals surface area contributed by atoms with Gasteiger partial charge in [0.15, 0.2) is 0 Å². The monoisotopic (exact) mass is 296 g/mol. The molecule has 1 saturated heterocycles. The van der Waals surface area contributed by atoms with Crippen molar-refractivity contribution < 1.29 is 19.6 Å². The smallest absolute Gasteiger partial charge is 0.331 e. The first-order valence-corrected chi connectivity index (χ1v) is 6.56. The molecule has 0 aromatic heterocycles. The van der Waals surface area contributed by atoms with Crippen molar-refractivity contribution in [1.29, 1.82) is 0 Å². The zero-order chi connectivity index (χ0) is 14.5. The molecule has 7 heteroatoms. The lowest BCUT2D eigenvalue weighted by atomic mass is 10.2. The Kier molecular flexibility index (Phi) is 4.57. The van der Waals surface area contributed by atoms with Crippen molar-refractivity contribution >= 4 is 29.3 Å². The van der Waals surface area contributed by atoms with Crippen LogP contribution in [0.2, 0.25) is 5.02 Å². The number of benzene rings is 1. The molecule has 0 aliphatic carbocycles. The third-order valence-corrected chi connectivity index (χ3v) is 3.23. The molecule has 0 unspecified atom stereocenters. The highest BCUT2D eigenvalue weighted by Crippen LogP contribution is 2.14. The Hall–Kier alpha value is -2.08. The van der Waals surface area contributed by atoms with Gasteiger partial charge in [-0.05, 0) is 18.6 Å². The van der Waals surface area contributed by atoms with Crippen LogP contribution in [0.4, 0.5) is 0 Å². The van der Waals surface area contributed by atoms with Gasteiger partial charge in [0.1, 0.15) is 6.54 Å². The Balaban J connectivity index is 1.93. The van der Waals surface area contributed by atoms with E-state index in [2.05, 4.69) is 5.16 Å². The van der Waals surface area contributed by atoms with Gasteiger partial charge in [0.25, 0.3) is 5.84 Å². The molecule has 1 aliphatic heterocycles. The summed E-state index contributed by atoms with van der Waals surface area (Å²) in [5, 5.41) is 2.65. The minimum Gasteiger partial charge on any atom is -0.331 e. The fraction of sp³-hybridized carbons (Fsp3) is 0.308. The molecule has 1 aliphatic rings. The van der Waals surface area contributed by atoms with E-state index in [4.69, 9.17) is 22.2 Å². The number of halogens is 1. The van der Waals surface area contributed by atoms with Gasteiger partial charge in [-0.1, -0.05) is 28.9 Å². The summed E-state index contributed by atoms with van der Waals surface area (Å²) in [5.41, 5.74) is 5.92. The molecular weight excluding hydrogens is 282 g/mol. The van der Waals surface area contributed by atoms with E-state index in [9.17, 15) is 9.59 Å². The summed E-state index contributed by atoms with van der Waals surface area (Å²) in [6, 6.07) is 6.53. The molecule has 2 rings (SSSR count). The topological polar surface area (TPSA) is 86.6 Å². The van der Waals surface area contributed by atoms with Gasteiger partial charge in [-0.2, -0.15) is 0 Å². The molecule has 1 heterocycles. The van der Waals surface area contributed by atoms with E-state index in [0.29, 0.717) is 18.0 Å². The molecule has 1 aromatic rings. The fourth-order valence-corrected chi connectivity index (χ4v) is 2.12. The number of nitrogens with zero attached hydrogens (tertiary/aromatic N) is 1. The van der Waals surface area contributed by atoms with E-state index >= 15 is 0 Å². The van der Waals surface area contributed by atoms with Gasteiger partial charge in [-0.25, -0.2) is 4.79 Å². The van der Waals surface area contributed by atoms with Crippen molar-refractivity contribution in [2.45, 2.75) is 12.8 Å². The number of nitrogens with one attached hydrogen (secondary N) is 1. The minimum absolute atomic E-state index is 0.0483. The van der Waals surface area contributed by atoms with E-state index in [1.165, 1.54) is 0 Å². The summed E-state index contributed by atoms with van der Waals surface area (Å²) < 4.78 is 0. The molecule has 20 heavy (non-hydrogen) atoms. The maximum absolute atomic E-state index is 11.8. The molecule has 0 bridgehead atoms. The second-order valence-electron chi connectivity index (χ2n) is 4.42. The second kappa shape index (κ2) is 6.38. The van der Waals surface area contributed by atoms with E-state index in [-0.39, 0.29) is 23.9 Å². The van der Waals surface area contributed by atoms with Crippen LogP contribution in [0.3, 0.4) is 0 Å². The molecule has 1 aromatic carbocycles.